The van der Waals surface area contributed by atoms with Crippen LogP contribution in [0.25, 0.3) is 10.7 Å². The summed E-state index contributed by atoms with van der Waals surface area (Å²) in [6, 6.07) is 0. The molecule has 0 aromatic carbocycles. The van der Waals surface area contributed by atoms with Gasteiger partial charge in [0.05, 0.1) is 0 Å². The van der Waals surface area contributed by atoms with Crippen molar-refractivity contribution in [2.45, 2.75) is 20.8 Å². The molecule has 0 spiro atoms. The molecule has 0 aromatic rings. The van der Waals surface area contributed by atoms with E-state index in [0.717, 1.165) is 6.21 Å². The molecular formula is C7H14MnN2. The summed E-state index contributed by atoms with van der Waals surface area (Å²) in [4.78, 5) is 0. The van der Waals surface area contributed by atoms with Crippen LogP contribution in [-0.2, 0) is 17.1 Å². The van der Waals surface area contributed by atoms with E-state index in [2.05, 4.69) is 5.32 Å². The van der Waals surface area contributed by atoms with Crippen molar-refractivity contribution in [2.24, 2.45) is 0 Å². The summed E-state index contributed by atoms with van der Waals surface area (Å²) >= 11 is 0. The van der Waals surface area contributed by atoms with Gasteiger partial charge in [-0.1, -0.05) is 13.8 Å². The average Bonchev–Trinajstić information content (AvgIpc) is 1.96. The number of hydrogen-bond donors (Lipinski definition) is 0. The minimum absolute atomic E-state index is 0. The molecule has 1 radical (unpaired) electrons. The van der Waals surface area contributed by atoms with Gasteiger partial charge in [0.2, 0.25) is 0 Å². The van der Waals surface area contributed by atoms with E-state index < -0.39 is 0 Å². The molecular weight excluding hydrogens is 167 g/mol. The van der Waals surface area contributed by atoms with Crippen molar-refractivity contribution in [1.82, 2.24) is 0 Å². The molecule has 3 heteroatoms. The smallest absolute Gasteiger partial charge is 0.812 e. The largest absolute Gasteiger partial charge is 2.00 e. The molecule has 0 aliphatic carbocycles. The number of allylic oxidation sites excluding steroid dienone is 2. The molecule has 0 aliphatic rings. The predicted molar refractivity (Wildman–Crippen MR) is 43.8 cm³/mol. The van der Waals surface area contributed by atoms with Crippen molar-refractivity contribution in [3.05, 3.63) is 22.5 Å². The fourth-order valence-electron chi connectivity index (χ4n) is 0.261. The van der Waals surface area contributed by atoms with Gasteiger partial charge in [-0.05, 0) is 6.92 Å². The third-order valence-electron chi connectivity index (χ3n) is 0.686. The van der Waals surface area contributed by atoms with E-state index in [0.29, 0.717) is 5.70 Å². The van der Waals surface area contributed by atoms with Gasteiger partial charge in [0.15, 0.2) is 0 Å². The summed E-state index contributed by atoms with van der Waals surface area (Å²) in [7, 11) is 1.63. The summed E-state index contributed by atoms with van der Waals surface area (Å²) in [5.74, 6) is 0. The van der Waals surface area contributed by atoms with Crippen molar-refractivity contribution in [3.8, 4) is 0 Å². The summed E-state index contributed by atoms with van der Waals surface area (Å²) in [5, 5.41) is 11.9. The van der Waals surface area contributed by atoms with Crippen LogP contribution in [0.15, 0.2) is 11.8 Å². The van der Waals surface area contributed by atoms with Gasteiger partial charge in [0.25, 0.3) is 0 Å². The second kappa shape index (κ2) is 15.9. The predicted octanol–water partition coefficient (Wildman–Crippen LogP) is 2.56. The minimum Gasteiger partial charge on any atom is -0.812 e. The first-order chi connectivity index (χ1) is 4.35. The molecule has 0 saturated heterocycles. The van der Waals surface area contributed by atoms with Gasteiger partial charge in [-0.3, -0.25) is 0 Å². The zero-order valence-electron chi connectivity index (χ0n) is 6.93. The third-order valence-corrected chi connectivity index (χ3v) is 0.686. The molecule has 0 heterocycles. The zero-order chi connectivity index (χ0) is 7.70. The second-order valence-electron chi connectivity index (χ2n) is 1.07. The fraction of sp³-hybridized carbons (Fsp3) is 0.571. The monoisotopic (exact) mass is 181 g/mol. The van der Waals surface area contributed by atoms with Crippen molar-refractivity contribution in [2.75, 3.05) is 7.05 Å². The standard InChI is InChI=1S/C5H8N2.C2H6.Mn/c1-3-5(4-6)7-2;1-2;/h3-4H,1-2H3;1-2H3;/q-2;;+2/b5-3-;;. The normalized spacial score (nSPS) is 8.20. The maximum Gasteiger partial charge on any atom is 2.00 e. The number of nitrogens with zero attached hydrogens (tertiary/aromatic N) is 2. The van der Waals surface area contributed by atoms with Crippen molar-refractivity contribution in [3.63, 3.8) is 0 Å². The van der Waals surface area contributed by atoms with E-state index in [1.807, 2.05) is 20.8 Å². The van der Waals surface area contributed by atoms with Crippen LogP contribution >= 0.6 is 0 Å². The van der Waals surface area contributed by atoms with Crippen molar-refractivity contribution in [1.29, 1.82) is 0 Å². The fourth-order valence-corrected chi connectivity index (χ4v) is 0.261. The van der Waals surface area contributed by atoms with Crippen LogP contribution in [0, 0.1) is 0 Å². The van der Waals surface area contributed by atoms with Crippen LogP contribution in [0.5, 0.6) is 0 Å². The van der Waals surface area contributed by atoms with Gasteiger partial charge in [-0.2, -0.15) is 5.70 Å². The molecule has 0 saturated carbocycles. The van der Waals surface area contributed by atoms with E-state index in [1.165, 1.54) is 0 Å². The molecule has 0 fully saturated rings. The Morgan fingerprint density at radius 1 is 1.40 bits per heavy atom. The Morgan fingerprint density at radius 3 is 1.80 bits per heavy atom. The molecule has 0 atom stereocenters. The van der Waals surface area contributed by atoms with Gasteiger partial charge in [0.1, 0.15) is 0 Å². The van der Waals surface area contributed by atoms with Crippen LogP contribution in [0.2, 0.25) is 0 Å². The molecule has 0 aliphatic heterocycles. The van der Waals surface area contributed by atoms with Gasteiger partial charge >= 0.3 is 17.1 Å². The Balaban J connectivity index is -0.000000149. The Kier molecular flexibility index (Phi) is 26.0. The van der Waals surface area contributed by atoms with E-state index in [-0.39, 0.29) is 17.1 Å². The Labute approximate surface area is 74.1 Å². The number of hydrogen-bond acceptors (Lipinski definition) is 0. The first-order valence-corrected chi connectivity index (χ1v) is 3.08. The molecule has 0 amide bonds. The maximum atomic E-state index is 8.24. The second-order valence-corrected chi connectivity index (χ2v) is 1.07. The topological polar surface area (TPSA) is 36.4 Å². The first-order valence-electron chi connectivity index (χ1n) is 3.08. The average molecular weight is 181 g/mol. The van der Waals surface area contributed by atoms with Gasteiger partial charge in [0, 0.05) is 0 Å². The Morgan fingerprint density at radius 2 is 1.80 bits per heavy atom. The van der Waals surface area contributed by atoms with E-state index in [9.17, 15) is 0 Å². The molecule has 10 heavy (non-hydrogen) atoms. The molecule has 0 unspecified atom stereocenters. The van der Waals surface area contributed by atoms with Gasteiger partial charge in [-0.25, -0.2) is 6.21 Å². The summed E-state index contributed by atoms with van der Waals surface area (Å²) in [6.07, 6.45) is 2.69. The maximum absolute atomic E-state index is 8.24. The van der Waals surface area contributed by atoms with Crippen LogP contribution in [0.4, 0.5) is 0 Å². The summed E-state index contributed by atoms with van der Waals surface area (Å²) in [5.41, 5.74) is 0.611. The zero-order valence-corrected chi connectivity index (χ0v) is 8.11. The van der Waals surface area contributed by atoms with Crippen LogP contribution < -0.4 is 0 Å². The van der Waals surface area contributed by atoms with Crippen LogP contribution in [0.1, 0.15) is 20.8 Å². The quantitative estimate of drug-likeness (QED) is 0.463. The number of rotatable bonds is 2. The van der Waals surface area contributed by atoms with E-state index in [4.69, 9.17) is 5.41 Å². The van der Waals surface area contributed by atoms with Crippen LogP contribution in [0.3, 0.4) is 0 Å². The Bertz CT molecular complexity index is 89.6. The summed E-state index contributed by atoms with van der Waals surface area (Å²) < 4.78 is 0. The van der Waals surface area contributed by atoms with Gasteiger partial charge in [-0.15, -0.1) is 13.1 Å². The minimum atomic E-state index is 0. The Hall–Kier alpha value is -0.271. The molecule has 0 rings (SSSR count). The molecule has 2 nitrogen and oxygen atoms in total. The van der Waals surface area contributed by atoms with Gasteiger partial charge < -0.3 is 10.7 Å². The molecule has 0 aromatic heterocycles. The first kappa shape index (κ1) is 16.4. The van der Waals surface area contributed by atoms with Crippen molar-refractivity contribution >= 4 is 6.21 Å². The SMILES string of the molecule is C/C=C(/C=[N-])[N-]C.CC.[Mn+2]. The molecule has 0 bridgehead atoms. The summed E-state index contributed by atoms with van der Waals surface area (Å²) in [6.45, 7) is 5.81. The van der Waals surface area contributed by atoms with E-state index >= 15 is 0 Å². The third kappa shape index (κ3) is 10.7. The van der Waals surface area contributed by atoms with E-state index in [1.54, 1.807) is 13.1 Å². The molecule has 0 N–H and O–H groups in total. The molecule has 59 valence electrons. The van der Waals surface area contributed by atoms with Crippen molar-refractivity contribution < 1.29 is 17.1 Å². The van der Waals surface area contributed by atoms with Crippen LogP contribution in [-0.4, -0.2) is 13.3 Å².